The Hall–Kier alpha value is -2.57. The average molecular weight is 503 g/mol. The zero-order valence-corrected chi connectivity index (χ0v) is 22.6. The second kappa shape index (κ2) is 17.0. The molecule has 1 saturated heterocycles. The number of benzene rings is 1. The summed E-state index contributed by atoms with van der Waals surface area (Å²) in [6.45, 7) is 7.14. The van der Waals surface area contributed by atoms with E-state index in [-0.39, 0.29) is 18.2 Å². The predicted molar refractivity (Wildman–Crippen MR) is 142 cm³/mol. The average Bonchev–Trinajstić information content (AvgIpc) is 2.87. The molecular formula is C29H46N2O5. The number of amides is 2. The number of carbonyl (C=O) groups excluding carboxylic acids is 3. The second-order valence-electron chi connectivity index (χ2n) is 9.77. The maximum Gasteiger partial charge on any atom is 0.308 e. The van der Waals surface area contributed by atoms with Gasteiger partial charge in [-0.05, 0) is 31.9 Å². The van der Waals surface area contributed by atoms with Crippen LogP contribution in [0.15, 0.2) is 24.3 Å². The largest absolute Gasteiger partial charge is 0.481 e. The molecule has 1 aromatic rings. The van der Waals surface area contributed by atoms with Gasteiger partial charge in [0.25, 0.3) is 5.91 Å². The van der Waals surface area contributed by atoms with E-state index >= 15 is 0 Å². The molecule has 202 valence electrons. The van der Waals surface area contributed by atoms with Crippen molar-refractivity contribution in [2.75, 3.05) is 19.7 Å². The summed E-state index contributed by atoms with van der Waals surface area (Å²) < 4.78 is 11.3. The molecular weight excluding hydrogens is 456 g/mol. The van der Waals surface area contributed by atoms with Gasteiger partial charge in [-0.15, -0.1) is 0 Å². The lowest BCUT2D eigenvalue weighted by molar-refractivity contribution is -0.154. The number of nitrogens with zero attached hydrogens (tertiary/aromatic N) is 1. The number of nitrogens with one attached hydrogen (secondary N) is 1. The molecule has 1 aliphatic heterocycles. The summed E-state index contributed by atoms with van der Waals surface area (Å²) in [6, 6.07) is 6.64. The number of aryl methyl sites for hydroxylation is 1. The number of esters is 1. The Labute approximate surface area is 217 Å². The van der Waals surface area contributed by atoms with Crippen molar-refractivity contribution >= 4 is 17.8 Å². The van der Waals surface area contributed by atoms with Crippen LogP contribution in [-0.2, 0) is 19.1 Å². The molecule has 0 radical (unpaired) electrons. The van der Waals surface area contributed by atoms with E-state index in [0.717, 1.165) is 24.8 Å². The molecule has 1 fully saturated rings. The molecule has 36 heavy (non-hydrogen) atoms. The maximum absolute atomic E-state index is 13.3. The van der Waals surface area contributed by atoms with Crippen LogP contribution in [0.25, 0.3) is 0 Å². The van der Waals surface area contributed by atoms with Crippen molar-refractivity contribution in [2.24, 2.45) is 0 Å². The molecule has 1 aromatic carbocycles. The van der Waals surface area contributed by atoms with Crippen molar-refractivity contribution in [2.45, 2.75) is 110 Å². The molecule has 0 aromatic heterocycles. The highest BCUT2D eigenvalue weighted by Crippen LogP contribution is 2.19. The summed E-state index contributed by atoms with van der Waals surface area (Å²) in [5.41, 5.74) is 1.10. The molecule has 2 unspecified atom stereocenters. The Morgan fingerprint density at radius 2 is 1.58 bits per heavy atom. The van der Waals surface area contributed by atoms with Gasteiger partial charge < -0.3 is 19.7 Å². The first-order valence-electron chi connectivity index (χ1n) is 13.9. The molecule has 2 atom stereocenters. The van der Waals surface area contributed by atoms with Crippen LogP contribution in [0.5, 0.6) is 5.75 Å². The molecule has 2 amide bonds. The van der Waals surface area contributed by atoms with Gasteiger partial charge in [-0.3, -0.25) is 14.4 Å². The first-order valence-corrected chi connectivity index (χ1v) is 13.9. The number of hydrogen-bond acceptors (Lipinski definition) is 5. The number of unbranched alkanes of at least 4 members (excludes halogenated alkanes) is 9. The van der Waals surface area contributed by atoms with Crippen molar-refractivity contribution in [3.63, 3.8) is 0 Å². The molecule has 0 spiro atoms. The summed E-state index contributed by atoms with van der Waals surface area (Å²) in [7, 11) is 0. The van der Waals surface area contributed by atoms with Crippen molar-refractivity contribution in [1.29, 1.82) is 0 Å². The lowest BCUT2D eigenvalue weighted by Crippen LogP contribution is -2.60. The SMILES string of the molecule is CCCCCCCCCCCCOC(=O)CC1C(=O)NCCN1C(=O)C(CC)Oc1ccc(C)cc1. The molecule has 1 N–H and O–H groups in total. The van der Waals surface area contributed by atoms with Crippen molar-refractivity contribution < 1.29 is 23.9 Å². The van der Waals surface area contributed by atoms with E-state index in [4.69, 9.17) is 9.47 Å². The molecule has 7 heteroatoms. The van der Waals surface area contributed by atoms with Gasteiger partial charge in [-0.1, -0.05) is 89.3 Å². The molecule has 0 saturated carbocycles. The summed E-state index contributed by atoms with van der Waals surface area (Å²) in [4.78, 5) is 39.8. The fourth-order valence-electron chi connectivity index (χ4n) is 4.45. The Kier molecular flexibility index (Phi) is 14.0. The molecule has 1 heterocycles. The van der Waals surface area contributed by atoms with Crippen LogP contribution in [0.3, 0.4) is 0 Å². The molecule has 0 bridgehead atoms. The third kappa shape index (κ3) is 10.6. The third-order valence-corrected chi connectivity index (χ3v) is 6.68. The van der Waals surface area contributed by atoms with Gasteiger partial charge in [0, 0.05) is 13.1 Å². The number of rotatable bonds is 17. The van der Waals surface area contributed by atoms with Gasteiger partial charge in [0.2, 0.25) is 5.91 Å². The van der Waals surface area contributed by atoms with E-state index in [1.165, 1.54) is 49.8 Å². The van der Waals surface area contributed by atoms with Gasteiger partial charge in [0.1, 0.15) is 11.8 Å². The first kappa shape index (κ1) is 29.7. The molecule has 0 aliphatic carbocycles. The first-order chi connectivity index (χ1) is 17.5. The zero-order chi connectivity index (χ0) is 26.2. The van der Waals surface area contributed by atoms with E-state index in [1.807, 2.05) is 38.1 Å². The minimum Gasteiger partial charge on any atom is -0.481 e. The fraction of sp³-hybridized carbons (Fsp3) is 0.690. The lowest BCUT2D eigenvalue weighted by atomic mass is 10.1. The Morgan fingerprint density at radius 1 is 0.972 bits per heavy atom. The highest BCUT2D eigenvalue weighted by molar-refractivity contribution is 5.93. The fourth-order valence-corrected chi connectivity index (χ4v) is 4.45. The Bertz CT molecular complexity index is 795. The van der Waals surface area contributed by atoms with Crippen molar-refractivity contribution in [3.8, 4) is 5.75 Å². The van der Waals surface area contributed by atoms with E-state index in [2.05, 4.69) is 12.2 Å². The summed E-state index contributed by atoms with van der Waals surface area (Å²) >= 11 is 0. The number of ether oxygens (including phenoxy) is 2. The minimum atomic E-state index is -0.873. The van der Waals surface area contributed by atoms with E-state index < -0.39 is 18.1 Å². The molecule has 1 aliphatic rings. The summed E-state index contributed by atoms with van der Waals surface area (Å²) in [6.07, 6.45) is 11.7. The van der Waals surface area contributed by atoms with Crippen LogP contribution in [0.1, 0.15) is 96.5 Å². The maximum atomic E-state index is 13.3. The number of hydrogen-bond donors (Lipinski definition) is 1. The Balaban J connectivity index is 1.75. The van der Waals surface area contributed by atoms with Crippen LogP contribution in [0.2, 0.25) is 0 Å². The van der Waals surface area contributed by atoms with Crippen LogP contribution in [0, 0.1) is 6.92 Å². The monoisotopic (exact) mass is 502 g/mol. The van der Waals surface area contributed by atoms with Gasteiger partial charge in [0.15, 0.2) is 6.10 Å². The van der Waals surface area contributed by atoms with Crippen LogP contribution in [-0.4, -0.2) is 54.5 Å². The van der Waals surface area contributed by atoms with Gasteiger partial charge >= 0.3 is 5.97 Å². The standard InChI is InChI=1S/C29H46N2O5/c1-4-6-7-8-9-10-11-12-13-14-21-35-27(32)22-25-28(33)30-19-20-31(25)29(34)26(5-2)36-24-17-15-23(3)16-18-24/h15-18,25-26H,4-14,19-22H2,1-3H3,(H,30,33). The second-order valence-corrected chi connectivity index (χ2v) is 9.77. The van der Waals surface area contributed by atoms with Gasteiger partial charge in [-0.2, -0.15) is 0 Å². The highest BCUT2D eigenvalue weighted by atomic mass is 16.5. The third-order valence-electron chi connectivity index (χ3n) is 6.68. The molecule has 7 nitrogen and oxygen atoms in total. The van der Waals surface area contributed by atoms with Crippen LogP contribution >= 0.6 is 0 Å². The van der Waals surface area contributed by atoms with Crippen LogP contribution in [0.4, 0.5) is 0 Å². The summed E-state index contributed by atoms with van der Waals surface area (Å²) in [5, 5.41) is 2.77. The lowest BCUT2D eigenvalue weighted by Gasteiger charge is -2.36. The smallest absolute Gasteiger partial charge is 0.308 e. The number of piperazine rings is 1. The van der Waals surface area contributed by atoms with Gasteiger partial charge in [-0.25, -0.2) is 0 Å². The topological polar surface area (TPSA) is 84.9 Å². The predicted octanol–water partition coefficient (Wildman–Crippen LogP) is 5.33. The van der Waals surface area contributed by atoms with Gasteiger partial charge in [0.05, 0.1) is 13.0 Å². The van der Waals surface area contributed by atoms with E-state index in [0.29, 0.717) is 31.9 Å². The Morgan fingerprint density at radius 3 is 2.19 bits per heavy atom. The minimum absolute atomic E-state index is 0.143. The van der Waals surface area contributed by atoms with E-state index in [1.54, 1.807) is 0 Å². The van der Waals surface area contributed by atoms with Crippen molar-refractivity contribution in [3.05, 3.63) is 29.8 Å². The van der Waals surface area contributed by atoms with Crippen LogP contribution < -0.4 is 10.1 Å². The zero-order valence-electron chi connectivity index (χ0n) is 22.6. The molecule has 2 rings (SSSR count). The normalized spacial score (nSPS) is 16.4. The number of carbonyl (C=O) groups is 3. The van der Waals surface area contributed by atoms with Crippen molar-refractivity contribution in [1.82, 2.24) is 10.2 Å². The quantitative estimate of drug-likeness (QED) is 0.230. The highest BCUT2D eigenvalue weighted by Gasteiger charge is 2.38. The van der Waals surface area contributed by atoms with E-state index in [9.17, 15) is 14.4 Å². The summed E-state index contributed by atoms with van der Waals surface area (Å²) in [5.74, 6) is -0.441.